The van der Waals surface area contributed by atoms with Gasteiger partial charge in [0.15, 0.2) is 12.0 Å². The minimum absolute atomic E-state index is 0.0265. The zero-order valence-electron chi connectivity index (χ0n) is 42.6. The van der Waals surface area contributed by atoms with Gasteiger partial charge in [-0.05, 0) is 62.3 Å². The number of hydrogen-bond donors (Lipinski definition) is 12. The van der Waals surface area contributed by atoms with Crippen molar-refractivity contribution in [1.29, 1.82) is 0 Å². The van der Waals surface area contributed by atoms with Crippen molar-refractivity contribution in [3.05, 3.63) is 94.1 Å². The van der Waals surface area contributed by atoms with E-state index in [0.717, 1.165) is 0 Å². The number of aliphatic imine (C=N–C) groups is 1. The number of aromatic nitrogens is 2. The number of phenols is 1. The fourth-order valence-corrected chi connectivity index (χ4v) is 8.45. The molecule has 1 unspecified atom stereocenters. The molecule has 0 saturated carbocycles. The number of amides is 7. The lowest BCUT2D eigenvalue weighted by Gasteiger charge is -2.31. The predicted octanol–water partition coefficient (Wildman–Crippen LogP) is -1.12. The van der Waals surface area contributed by atoms with E-state index in [-0.39, 0.29) is 69.0 Å². The monoisotopic (exact) mass is 1050 g/mol. The van der Waals surface area contributed by atoms with Crippen molar-refractivity contribution in [3.63, 3.8) is 0 Å². The van der Waals surface area contributed by atoms with E-state index >= 15 is 0 Å². The molecule has 9 atom stereocenters. The van der Waals surface area contributed by atoms with Gasteiger partial charge in [-0.15, -0.1) is 0 Å². The third kappa shape index (κ3) is 17.8. The largest absolute Gasteiger partial charge is 0.508 e. The Morgan fingerprint density at radius 3 is 2.07 bits per heavy atom. The number of nitrogens with two attached hydrogens (primary N) is 2. The molecule has 1 fully saturated rings. The smallest absolute Gasteiger partial charge is 0.326 e. The van der Waals surface area contributed by atoms with Crippen molar-refractivity contribution in [3.8, 4) is 5.75 Å². The number of carbonyl (C=O) groups is 8. The number of nitrogens with zero attached hydrogens (tertiary/aromatic N) is 4. The molecule has 408 valence electrons. The lowest BCUT2D eigenvalue weighted by atomic mass is 9.96. The van der Waals surface area contributed by atoms with Crippen LogP contribution in [0, 0.1) is 22.0 Å². The number of rotatable bonds is 29. The van der Waals surface area contributed by atoms with Gasteiger partial charge >= 0.3 is 5.97 Å². The number of aromatic hydroxyl groups is 1. The maximum absolute atomic E-state index is 14.9. The Balaban J connectivity index is 1.73. The van der Waals surface area contributed by atoms with Gasteiger partial charge in [0, 0.05) is 48.3 Å². The number of carboxylic acids is 1. The highest BCUT2D eigenvalue weighted by molar-refractivity contribution is 5.98. The molecule has 2 heterocycles. The van der Waals surface area contributed by atoms with Crippen LogP contribution in [0.15, 0.2) is 72.1 Å². The molecule has 1 aromatic heterocycles. The van der Waals surface area contributed by atoms with E-state index in [1.54, 1.807) is 33.8 Å². The number of likely N-dealkylation sites (N-methyl/N-ethyl adjacent to an activating group) is 1. The molecule has 3 aromatic rings. The number of carboxylic acid groups (broad SMARTS) is 1. The standard InChI is InChI=1S/C49H70N14O12/c1-6-28(4)39(48(72)73)60-44(68)36-15-11-21-62(36)47(71)35(23-31-24-53-26-55-31)58-46(70)40(41(63(74)75)30-12-8-7-9-13-30)61-43(67)34(22-29-16-18-32(64)19-17-29)57-45(69)38(27(2)3)59-42(66)33(56-37(65)25-52-5)14-10-20-54-49(50)51/h7-9,12-13,16-19,24,26-28,33-36,38-41,52,64H,6,10-11,14-15,20-23,25H2,1-5H3,(H,53,55)(H,56,65)(H,57,69)(H,58,70)(H,59,66)(H,60,68)(H,61,67)(H,72,73)(H4,50,51,54)/t28-,33-,34-,35-,36-,38-,39-,40-,41?/m0/s1. The van der Waals surface area contributed by atoms with E-state index in [9.17, 15) is 58.7 Å². The number of nitrogens with one attached hydrogen (secondary N) is 8. The number of guanidine groups is 1. The van der Waals surface area contributed by atoms with Gasteiger partial charge in [0.1, 0.15) is 42.0 Å². The molecule has 7 amide bonds. The zero-order valence-corrected chi connectivity index (χ0v) is 42.6. The van der Waals surface area contributed by atoms with E-state index in [1.807, 2.05) is 0 Å². The summed E-state index contributed by atoms with van der Waals surface area (Å²) in [6.45, 7) is 6.70. The van der Waals surface area contributed by atoms with Crippen molar-refractivity contribution >= 4 is 53.3 Å². The molecule has 2 aromatic carbocycles. The minimum atomic E-state index is -2.10. The zero-order chi connectivity index (χ0) is 55.4. The number of aromatic amines is 1. The van der Waals surface area contributed by atoms with Crippen molar-refractivity contribution in [2.45, 2.75) is 121 Å². The molecule has 1 saturated heterocycles. The van der Waals surface area contributed by atoms with Gasteiger partial charge in [0.05, 0.1) is 12.9 Å². The Bertz CT molecular complexity index is 2450. The summed E-state index contributed by atoms with van der Waals surface area (Å²) in [4.78, 5) is 135. The van der Waals surface area contributed by atoms with Gasteiger partial charge in [-0.25, -0.2) is 9.78 Å². The molecule has 26 nitrogen and oxygen atoms in total. The fourth-order valence-electron chi connectivity index (χ4n) is 8.45. The van der Waals surface area contributed by atoms with Crippen LogP contribution in [0.1, 0.15) is 82.7 Å². The Kier molecular flexibility index (Phi) is 22.9. The summed E-state index contributed by atoms with van der Waals surface area (Å²) in [6, 6.07) is 0.683. The van der Waals surface area contributed by atoms with Crippen LogP contribution in [0.25, 0.3) is 0 Å². The van der Waals surface area contributed by atoms with Crippen LogP contribution in [0.5, 0.6) is 5.75 Å². The van der Waals surface area contributed by atoms with E-state index in [4.69, 9.17) is 11.5 Å². The topological polar surface area (TPSA) is 401 Å². The maximum atomic E-state index is 14.9. The van der Waals surface area contributed by atoms with E-state index in [2.05, 4.69) is 52.2 Å². The number of H-pyrrole nitrogens is 1. The van der Waals surface area contributed by atoms with Gasteiger partial charge in [-0.1, -0.05) is 76.6 Å². The van der Waals surface area contributed by atoms with E-state index in [0.29, 0.717) is 24.1 Å². The first-order chi connectivity index (χ1) is 35.6. The Morgan fingerprint density at radius 1 is 0.840 bits per heavy atom. The summed E-state index contributed by atoms with van der Waals surface area (Å²) in [6.07, 6.45) is 3.37. The summed E-state index contributed by atoms with van der Waals surface area (Å²) in [5, 5.41) is 51.4. The number of aliphatic carboxylic acids is 1. The molecule has 0 spiro atoms. The highest BCUT2D eigenvalue weighted by Crippen LogP contribution is 2.24. The van der Waals surface area contributed by atoms with Crippen LogP contribution in [0.2, 0.25) is 0 Å². The number of imidazole rings is 1. The number of carbonyl (C=O) groups excluding carboxylic acids is 7. The van der Waals surface area contributed by atoms with Crippen molar-refractivity contribution in [2.75, 3.05) is 26.7 Å². The van der Waals surface area contributed by atoms with Crippen molar-refractivity contribution < 1.29 is 53.5 Å². The second-order valence-electron chi connectivity index (χ2n) is 18.6. The average Bonchev–Trinajstić information content (AvgIpc) is 4.08. The first-order valence-electron chi connectivity index (χ1n) is 24.6. The van der Waals surface area contributed by atoms with Crippen molar-refractivity contribution in [2.24, 2.45) is 28.3 Å². The molecule has 14 N–H and O–H groups in total. The van der Waals surface area contributed by atoms with Crippen LogP contribution in [0.3, 0.4) is 0 Å². The third-order valence-electron chi connectivity index (χ3n) is 12.7. The van der Waals surface area contributed by atoms with Gasteiger partial charge in [0.25, 0.3) is 11.9 Å². The summed E-state index contributed by atoms with van der Waals surface area (Å²) >= 11 is 0. The van der Waals surface area contributed by atoms with Crippen molar-refractivity contribution in [1.82, 2.24) is 52.1 Å². The fraction of sp³-hybridized carbons (Fsp3) is 0.510. The third-order valence-corrected chi connectivity index (χ3v) is 12.7. The van der Waals surface area contributed by atoms with Crippen LogP contribution in [-0.4, -0.2) is 152 Å². The molecule has 75 heavy (non-hydrogen) atoms. The normalized spacial score (nSPS) is 16.3. The lowest BCUT2D eigenvalue weighted by molar-refractivity contribution is -0.530. The number of phenolic OH excluding ortho intramolecular Hbond substituents is 1. The Labute approximate surface area is 433 Å². The van der Waals surface area contributed by atoms with Crippen LogP contribution in [0.4, 0.5) is 0 Å². The average molecular weight is 1050 g/mol. The second kappa shape index (κ2) is 28.9. The summed E-state index contributed by atoms with van der Waals surface area (Å²) in [5.74, 6) is -8.62. The molecule has 4 rings (SSSR count). The molecule has 1 aliphatic rings. The molecule has 0 bridgehead atoms. The Morgan fingerprint density at radius 2 is 1.48 bits per heavy atom. The number of benzene rings is 2. The molecular formula is C49H70N14O12. The summed E-state index contributed by atoms with van der Waals surface area (Å²) in [5.41, 5.74) is 11.6. The quantitative estimate of drug-likeness (QED) is 0.0129. The number of hydrogen-bond acceptors (Lipinski definition) is 14. The van der Waals surface area contributed by atoms with Crippen LogP contribution < -0.4 is 48.7 Å². The molecule has 1 aliphatic heterocycles. The molecule has 26 heteroatoms. The summed E-state index contributed by atoms with van der Waals surface area (Å²) < 4.78 is 0. The van der Waals surface area contributed by atoms with Gasteiger partial charge < -0.3 is 68.8 Å². The maximum Gasteiger partial charge on any atom is 0.326 e. The Hall–Kier alpha value is -8.16. The number of likely N-dealkylation sites (tertiary alicyclic amines) is 1. The predicted molar refractivity (Wildman–Crippen MR) is 272 cm³/mol. The molecule has 0 radical (unpaired) electrons. The van der Waals surface area contributed by atoms with E-state index in [1.165, 1.54) is 73.0 Å². The highest BCUT2D eigenvalue weighted by Gasteiger charge is 2.45. The number of nitro groups is 1. The van der Waals surface area contributed by atoms with Gasteiger partial charge in [-0.2, -0.15) is 0 Å². The minimum Gasteiger partial charge on any atom is -0.508 e. The second-order valence-corrected chi connectivity index (χ2v) is 18.6. The van der Waals surface area contributed by atoms with E-state index < -0.39 is 112 Å². The van der Waals surface area contributed by atoms with Crippen LogP contribution in [-0.2, 0) is 51.2 Å². The summed E-state index contributed by atoms with van der Waals surface area (Å²) in [7, 11) is 1.54. The first-order valence-corrected chi connectivity index (χ1v) is 24.6. The molecular weight excluding hydrogens is 977 g/mol. The van der Waals surface area contributed by atoms with Crippen LogP contribution >= 0.6 is 0 Å². The lowest BCUT2D eigenvalue weighted by Crippen LogP contribution is -2.62. The molecule has 0 aliphatic carbocycles. The van der Waals surface area contributed by atoms with Gasteiger partial charge in [-0.3, -0.25) is 48.7 Å². The SMILES string of the molecule is CC[C@H](C)[C@H](NC(=O)[C@@H]1CCCN1C(=O)[C@H](Cc1cnc[nH]1)NC(=O)[C@@H](NC(=O)[C@H](Cc1ccc(O)cc1)NC(=O)[C@@H](NC(=O)[C@H](CCCN=C(N)N)NC(=O)CNC)C(C)C)C(c1ccccc1)[N+](=O)[O-])C(=O)O. The highest BCUT2D eigenvalue weighted by atomic mass is 16.6. The van der Waals surface area contributed by atoms with Gasteiger partial charge in [0.2, 0.25) is 35.4 Å². The first kappa shape index (κ1) is 59.4.